The molecule has 148 valence electrons. The number of methoxy groups -OCH3 is 2. The molecule has 0 radical (unpaired) electrons. The van der Waals surface area contributed by atoms with Gasteiger partial charge in [-0.25, -0.2) is 0 Å². The third-order valence-corrected chi connectivity index (χ3v) is 5.84. The van der Waals surface area contributed by atoms with Gasteiger partial charge in [0, 0.05) is 17.0 Å². The first kappa shape index (κ1) is 19.3. The minimum atomic E-state index is 0.0686. The lowest BCUT2D eigenvalue weighted by atomic mass is 10.0. The maximum Gasteiger partial charge on any atom is 0.175 e. The van der Waals surface area contributed by atoms with Gasteiger partial charge in [-0.1, -0.05) is 24.3 Å². The standard InChI is InChI=1S/C22H21N3O3S/c1-27-18-8-7-14(11-19(18)28-2)9-10-23-21-12-16-17(26)13-29-20-6-4-3-5-15(20)22(16)25-24-21/h3-8,11-12H,9-10,13H2,1-2H3,(H,23,24). The summed E-state index contributed by atoms with van der Waals surface area (Å²) in [4.78, 5) is 13.7. The predicted molar refractivity (Wildman–Crippen MR) is 114 cm³/mol. The smallest absolute Gasteiger partial charge is 0.175 e. The van der Waals surface area contributed by atoms with Gasteiger partial charge in [0.2, 0.25) is 0 Å². The molecule has 29 heavy (non-hydrogen) atoms. The molecule has 0 unspecified atom stereocenters. The quantitative estimate of drug-likeness (QED) is 0.659. The van der Waals surface area contributed by atoms with E-state index in [2.05, 4.69) is 15.5 Å². The number of carbonyl (C=O) groups is 1. The molecule has 2 aromatic carbocycles. The lowest BCUT2D eigenvalue weighted by molar-refractivity contribution is 0.102. The highest BCUT2D eigenvalue weighted by molar-refractivity contribution is 8.00. The number of hydrogen-bond donors (Lipinski definition) is 1. The summed E-state index contributed by atoms with van der Waals surface area (Å²) in [6.45, 7) is 0.655. The Kier molecular flexibility index (Phi) is 5.67. The van der Waals surface area contributed by atoms with Gasteiger partial charge < -0.3 is 14.8 Å². The van der Waals surface area contributed by atoms with E-state index in [0.29, 0.717) is 40.9 Å². The monoisotopic (exact) mass is 407 g/mol. The number of ketones is 1. The summed E-state index contributed by atoms with van der Waals surface area (Å²) in [5.74, 6) is 2.48. The maximum atomic E-state index is 12.6. The first-order valence-electron chi connectivity index (χ1n) is 9.27. The van der Waals surface area contributed by atoms with Gasteiger partial charge in [-0.05, 0) is 36.2 Å². The summed E-state index contributed by atoms with van der Waals surface area (Å²) in [7, 11) is 3.24. The molecular weight excluding hydrogens is 386 g/mol. The summed E-state index contributed by atoms with van der Waals surface area (Å²) < 4.78 is 10.6. The molecule has 1 aliphatic heterocycles. The first-order valence-corrected chi connectivity index (χ1v) is 10.3. The van der Waals surface area contributed by atoms with Crippen molar-refractivity contribution in [3.63, 3.8) is 0 Å². The van der Waals surface area contributed by atoms with E-state index >= 15 is 0 Å². The average Bonchev–Trinajstić information content (AvgIpc) is 2.90. The number of nitrogens with one attached hydrogen (secondary N) is 1. The molecule has 0 aliphatic carbocycles. The molecule has 6 nitrogen and oxygen atoms in total. The Morgan fingerprint density at radius 1 is 1.00 bits per heavy atom. The average molecular weight is 407 g/mol. The normalized spacial score (nSPS) is 12.6. The third-order valence-electron chi connectivity index (χ3n) is 4.76. The van der Waals surface area contributed by atoms with E-state index in [1.807, 2.05) is 48.5 Å². The predicted octanol–water partition coefficient (Wildman–Crippen LogP) is 4.10. The van der Waals surface area contributed by atoms with Crippen LogP contribution >= 0.6 is 11.8 Å². The second-order valence-electron chi connectivity index (χ2n) is 6.57. The largest absolute Gasteiger partial charge is 0.493 e. The van der Waals surface area contributed by atoms with Crippen molar-refractivity contribution in [2.75, 3.05) is 31.8 Å². The Labute approximate surface area is 173 Å². The molecule has 1 N–H and O–H groups in total. The van der Waals surface area contributed by atoms with Crippen molar-refractivity contribution in [1.82, 2.24) is 10.2 Å². The van der Waals surface area contributed by atoms with E-state index in [9.17, 15) is 4.79 Å². The topological polar surface area (TPSA) is 73.3 Å². The molecule has 0 bridgehead atoms. The molecular formula is C22H21N3O3S. The first-order chi connectivity index (χ1) is 14.2. The lowest BCUT2D eigenvalue weighted by Crippen LogP contribution is -2.11. The van der Waals surface area contributed by atoms with Crippen LogP contribution in [-0.2, 0) is 6.42 Å². The van der Waals surface area contributed by atoms with Crippen molar-refractivity contribution >= 4 is 23.4 Å². The SMILES string of the molecule is COc1ccc(CCNc2cc3c(nn2)-c2ccccc2SCC3=O)cc1OC. The minimum Gasteiger partial charge on any atom is -0.493 e. The molecule has 0 saturated carbocycles. The van der Waals surface area contributed by atoms with Crippen molar-refractivity contribution in [2.24, 2.45) is 0 Å². The number of rotatable bonds is 6. The summed E-state index contributed by atoms with van der Waals surface area (Å²) in [5, 5.41) is 11.9. The van der Waals surface area contributed by atoms with Gasteiger partial charge in [0.1, 0.15) is 11.5 Å². The maximum absolute atomic E-state index is 12.6. The van der Waals surface area contributed by atoms with Gasteiger partial charge in [0.05, 0.1) is 25.5 Å². The Morgan fingerprint density at radius 2 is 1.83 bits per heavy atom. The summed E-state index contributed by atoms with van der Waals surface area (Å²) >= 11 is 1.54. The fourth-order valence-corrected chi connectivity index (χ4v) is 4.21. The summed E-state index contributed by atoms with van der Waals surface area (Å²) in [6.07, 6.45) is 0.770. The van der Waals surface area contributed by atoms with E-state index in [0.717, 1.165) is 22.4 Å². The Balaban J connectivity index is 1.50. The Hall–Kier alpha value is -3.06. The fraction of sp³-hybridized carbons (Fsp3) is 0.227. The van der Waals surface area contributed by atoms with Gasteiger partial charge in [0.25, 0.3) is 0 Å². The molecule has 0 saturated heterocycles. The molecule has 0 spiro atoms. The number of carbonyl (C=O) groups excluding carboxylic acids is 1. The van der Waals surface area contributed by atoms with Gasteiger partial charge in [-0.3, -0.25) is 4.79 Å². The van der Waals surface area contributed by atoms with Crippen LogP contribution in [0.2, 0.25) is 0 Å². The van der Waals surface area contributed by atoms with Crippen LogP contribution in [0.3, 0.4) is 0 Å². The molecule has 1 aromatic heterocycles. The number of nitrogens with zero attached hydrogens (tertiary/aromatic N) is 2. The highest BCUT2D eigenvalue weighted by atomic mass is 32.2. The molecule has 2 heterocycles. The second kappa shape index (κ2) is 8.53. The van der Waals surface area contributed by atoms with E-state index in [-0.39, 0.29) is 5.78 Å². The molecule has 0 amide bonds. The molecule has 0 atom stereocenters. The van der Waals surface area contributed by atoms with Gasteiger partial charge in [-0.2, -0.15) is 0 Å². The number of thioether (sulfide) groups is 1. The zero-order valence-corrected chi connectivity index (χ0v) is 17.1. The van der Waals surface area contributed by atoms with Gasteiger partial charge in [-0.15, -0.1) is 22.0 Å². The summed E-state index contributed by atoms with van der Waals surface area (Å²) in [5.41, 5.74) is 3.34. The summed E-state index contributed by atoms with van der Waals surface area (Å²) in [6, 6.07) is 15.6. The van der Waals surface area contributed by atoms with Crippen LogP contribution in [0.4, 0.5) is 5.82 Å². The van der Waals surface area contributed by atoms with E-state index < -0.39 is 0 Å². The van der Waals surface area contributed by atoms with Crippen LogP contribution in [0.5, 0.6) is 11.5 Å². The number of ether oxygens (including phenoxy) is 2. The zero-order valence-electron chi connectivity index (χ0n) is 16.3. The molecule has 1 aliphatic rings. The number of fused-ring (bicyclic) bond motifs is 3. The van der Waals surface area contributed by atoms with Crippen molar-refractivity contribution in [3.8, 4) is 22.8 Å². The van der Waals surface area contributed by atoms with Crippen LogP contribution in [0.15, 0.2) is 53.4 Å². The molecule has 7 heteroatoms. The number of aromatic nitrogens is 2. The molecule has 3 aromatic rings. The molecule has 0 fully saturated rings. The van der Waals surface area contributed by atoms with E-state index in [1.165, 1.54) is 0 Å². The van der Waals surface area contributed by atoms with Crippen LogP contribution in [0.1, 0.15) is 15.9 Å². The van der Waals surface area contributed by atoms with Crippen LogP contribution in [-0.4, -0.2) is 42.5 Å². The third kappa shape index (κ3) is 4.05. The van der Waals surface area contributed by atoms with E-state index in [4.69, 9.17) is 9.47 Å². The Bertz CT molecular complexity index is 1060. The van der Waals surface area contributed by atoms with Crippen molar-refractivity contribution in [1.29, 1.82) is 0 Å². The lowest BCUT2D eigenvalue weighted by Gasteiger charge is -2.11. The number of hydrogen-bond acceptors (Lipinski definition) is 7. The van der Waals surface area contributed by atoms with Crippen molar-refractivity contribution in [2.45, 2.75) is 11.3 Å². The fourth-order valence-electron chi connectivity index (χ4n) is 3.27. The van der Waals surface area contributed by atoms with Gasteiger partial charge in [0.15, 0.2) is 17.3 Å². The highest BCUT2D eigenvalue weighted by Gasteiger charge is 2.22. The van der Waals surface area contributed by atoms with Crippen LogP contribution < -0.4 is 14.8 Å². The number of Topliss-reactive ketones (excluding diaryl/α,β-unsaturated/α-hetero) is 1. The van der Waals surface area contributed by atoms with Crippen molar-refractivity contribution < 1.29 is 14.3 Å². The zero-order chi connectivity index (χ0) is 20.2. The number of benzene rings is 2. The van der Waals surface area contributed by atoms with E-state index in [1.54, 1.807) is 26.0 Å². The Morgan fingerprint density at radius 3 is 2.66 bits per heavy atom. The number of anilines is 1. The van der Waals surface area contributed by atoms with Crippen LogP contribution in [0.25, 0.3) is 11.3 Å². The van der Waals surface area contributed by atoms with Crippen LogP contribution in [0, 0.1) is 0 Å². The van der Waals surface area contributed by atoms with Gasteiger partial charge >= 0.3 is 0 Å². The highest BCUT2D eigenvalue weighted by Crippen LogP contribution is 2.36. The second-order valence-corrected chi connectivity index (χ2v) is 7.58. The van der Waals surface area contributed by atoms with Crippen molar-refractivity contribution in [3.05, 3.63) is 59.7 Å². The minimum absolute atomic E-state index is 0.0686. The molecule has 4 rings (SSSR count).